The second kappa shape index (κ2) is 22.4. The molecule has 0 aromatic heterocycles. The van der Waals surface area contributed by atoms with Crippen LogP contribution in [0.5, 0.6) is 0 Å². The smallest absolute Gasteiger partial charge is 0.253 e. The van der Waals surface area contributed by atoms with E-state index in [0.29, 0.717) is 30.8 Å². The SMILES string of the molecule is CCCCCCCCCCCCCCNC(=O)[C@@H]1CN(C(=O)c2ccc(C(=O)N3C[C@@H](C(=O)N[C@H]4C[C@@H]4c4ccccc4)[C@H](C(=O)N[C@H]4C[C@@H]4c4ccccc4)C3)cc2)CCN1. The van der Waals surface area contributed by atoms with E-state index in [9.17, 15) is 24.0 Å². The molecule has 2 saturated carbocycles. The van der Waals surface area contributed by atoms with Crippen LogP contribution in [0.2, 0.25) is 0 Å². The highest BCUT2D eigenvalue weighted by molar-refractivity contribution is 5.99. The number of benzene rings is 3. The molecule has 2 aliphatic carbocycles. The number of piperazine rings is 1. The first-order valence-electron chi connectivity index (χ1n) is 23.7. The highest BCUT2D eigenvalue weighted by Crippen LogP contribution is 2.42. The molecule has 3 aromatic rings. The predicted molar refractivity (Wildman–Crippen MR) is 243 cm³/mol. The molecule has 5 amide bonds. The van der Waals surface area contributed by atoms with E-state index in [1.807, 2.05) is 36.4 Å². The number of hydrogen-bond donors (Lipinski definition) is 4. The van der Waals surface area contributed by atoms with Crippen molar-refractivity contribution in [3.63, 3.8) is 0 Å². The first-order valence-corrected chi connectivity index (χ1v) is 23.7. The van der Waals surface area contributed by atoms with Gasteiger partial charge in [-0.2, -0.15) is 0 Å². The van der Waals surface area contributed by atoms with Crippen LogP contribution in [0.4, 0.5) is 0 Å². The van der Waals surface area contributed by atoms with E-state index in [-0.39, 0.29) is 73.1 Å². The number of likely N-dealkylation sites (tertiary alicyclic amines) is 1. The zero-order valence-corrected chi connectivity index (χ0v) is 36.7. The molecular weight excluding hydrogens is 777 g/mol. The van der Waals surface area contributed by atoms with E-state index in [1.54, 1.807) is 34.1 Å². The standard InChI is InChI=1S/C51H68N6O5/c1-2-3-4-5-6-7-8-9-10-11-12-19-28-53-49(60)46-35-56(30-29-52-46)50(61)38-24-26-39(27-25-38)51(62)57-33-42(47(58)54-44-31-40(44)36-20-15-13-16-21-36)43(34-57)48(59)55-45-32-41(45)37-22-17-14-18-23-37/h13-18,20-27,40-46,52H,2-12,19,28-35H2,1H3,(H,53,60)(H,54,58)(H,55,59)/t40-,41-,42-,43-,44+,45+,46+/m1/s1. The zero-order valence-electron chi connectivity index (χ0n) is 36.7. The van der Waals surface area contributed by atoms with Gasteiger partial charge in [-0.1, -0.05) is 138 Å². The third kappa shape index (κ3) is 12.3. The number of nitrogens with one attached hydrogen (secondary N) is 4. The fourth-order valence-electron chi connectivity index (χ4n) is 9.46. The van der Waals surface area contributed by atoms with Crippen LogP contribution < -0.4 is 21.3 Å². The normalized spacial score (nSPS) is 24.0. The van der Waals surface area contributed by atoms with Gasteiger partial charge < -0.3 is 31.1 Å². The zero-order chi connectivity index (χ0) is 43.3. The van der Waals surface area contributed by atoms with E-state index in [2.05, 4.69) is 52.5 Å². The van der Waals surface area contributed by atoms with Gasteiger partial charge in [-0.15, -0.1) is 0 Å². The summed E-state index contributed by atoms with van der Waals surface area (Å²) in [6.07, 6.45) is 16.9. The van der Waals surface area contributed by atoms with Gasteiger partial charge in [0, 0.05) is 74.3 Å². The minimum Gasteiger partial charge on any atom is -0.355 e. The summed E-state index contributed by atoms with van der Waals surface area (Å²) in [7, 11) is 0. The Balaban J connectivity index is 0.875. The molecule has 2 aliphatic heterocycles. The third-order valence-corrected chi connectivity index (χ3v) is 13.5. The first-order chi connectivity index (χ1) is 30.3. The van der Waals surface area contributed by atoms with Crippen LogP contribution in [-0.4, -0.2) is 96.7 Å². The number of nitrogens with zero attached hydrogens (tertiary/aromatic N) is 2. The second-order valence-corrected chi connectivity index (χ2v) is 18.2. The van der Waals surface area contributed by atoms with Crippen LogP contribution in [0.15, 0.2) is 84.9 Å². The highest BCUT2D eigenvalue weighted by Gasteiger charge is 2.49. The number of rotatable bonds is 22. The summed E-state index contributed by atoms with van der Waals surface area (Å²) in [5, 5.41) is 12.7. The molecule has 7 rings (SSSR count). The molecule has 3 aromatic carbocycles. The maximum atomic E-state index is 14.0. The largest absolute Gasteiger partial charge is 0.355 e. The number of carbonyl (C=O) groups excluding carboxylic acids is 5. The summed E-state index contributed by atoms with van der Waals surface area (Å²) >= 11 is 0. The lowest BCUT2D eigenvalue weighted by atomic mass is 9.94. The van der Waals surface area contributed by atoms with E-state index >= 15 is 0 Å². The lowest BCUT2D eigenvalue weighted by Gasteiger charge is -2.33. The first kappa shape index (κ1) is 45.0. The third-order valence-electron chi connectivity index (χ3n) is 13.5. The maximum Gasteiger partial charge on any atom is 0.253 e. The summed E-state index contributed by atoms with van der Waals surface area (Å²) < 4.78 is 0. The van der Waals surface area contributed by atoms with Crippen molar-refractivity contribution < 1.29 is 24.0 Å². The summed E-state index contributed by atoms with van der Waals surface area (Å²) in [4.78, 5) is 71.7. The van der Waals surface area contributed by atoms with Crippen molar-refractivity contribution in [3.8, 4) is 0 Å². The van der Waals surface area contributed by atoms with Crippen molar-refractivity contribution in [3.05, 3.63) is 107 Å². The molecule has 11 nitrogen and oxygen atoms in total. The van der Waals surface area contributed by atoms with Crippen molar-refractivity contribution in [1.29, 1.82) is 0 Å². The fourth-order valence-corrected chi connectivity index (χ4v) is 9.46. The van der Waals surface area contributed by atoms with Crippen LogP contribution >= 0.6 is 0 Å². The van der Waals surface area contributed by atoms with E-state index in [4.69, 9.17) is 0 Å². The molecule has 332 valence electrons. The van der Waals surface area contributed by atoms with Crippen LogP contribution in [-0.2, 0) is 14.4 Å². The lowest BCUT2D eigenvalue weighted by Crippen LogP contribution is -2.58. The molecule has 11 heteroatoms. The summed E-state index contributed by atoms with van der Waals surface area (Å²) in [5.74, 6) is -1.86. The van der Waals surface area contributed by atoms with E-state index < -0.39 is 17.9 Å². The molecule has 2 heterocycles. The molecule has 0 radical (unpaired) electrons. The predicted octanol–water partition coefficient (Wildman–Crippen LogP) is 6.95. The van der Waals surface area contributed by atoms with Crippen LogP contribution in [0, 0.1) is 11.8 Å². The Hall–Kier alpha value is -5.03. The number of carbonyl (C=O) groups is 5. The van der Waals surface area contributed by atoms with Gasteiger partial charge >= 0.3 is 0 Å². The molecule has 0 spiro atoms. The fraction of sp³-hybridized carbons (Fsp3) is 0.549. The second-order valence-electron chi connectivity index (χ2n) is 18.2. The molecule has 4 N–H and O–H groups in total. The Kier molecular flexibility index (Phi) is 16.2. The summed E-state index contributed by atoms with van der Waals surface area (Å²) in [6, 6.07) is 26.3. The van der Waals surface area contributed by atoms with Gasteiger partial charge in [-0.05, 0) is 54.7 Å². The van der Waals surface area contributed by atoms with Crippen molar-refractivity contribution in [2.24, 2.45) is 11.8 Å². The molecule has 4 aliphatic rings. The van der Waals surface area contributed by atoms with E-state index in [0.717, 1.165) is 25.7 Å². The van der Waals surface area contributed by atoms with Gasteiger partial charge in [0.2, 0.25) is 17.7 Å². The minimum atomic E-state index is -0.687. The van der Waals surface area contributed by atoms with Gasteiger partial charge in [-0.25, -0.2) is 0 Å². The van der Waals surface area contributed by atoms with Gasteiger partial charge in [0.1, 0.15) is 6.04 Å². The van der Waals surface area contributed by atoms with Crippen molar-refractivity contribution in [2.75, 3.05) is 39.3 Å². The van der Waals surface area contributed by atoms with Crippen LogP contribution in [0.3, 0.4) is 0 Å². The number of hydrogen-bond acceptors (Lipinski definition) is 6. The molecular formula is C51H68N6O5. The number of amides is 5. The van der Waals surface area contributed by atoms with Crippen molar-refractivity contribution >= 4 is 29.5 Å². The molecule has 2 saturated heterocycles. The van der Waals surface area contributed by atoms with Crippen LogP contribution in [0.25, 0.3) is 0 Å². The quantitative estimate of drug-likeness (QED) is 0.0808. The average Bonchev–Trinajstić information content (AvgIpc) is 4.22. The monoisotopic (exact) mass is 845 g/mol. The molecule has 0 bridgehead atoms. The number of unbranched alkanes of at least 4 members (excludes halogenated alkanes) is 11. The van der Waals surface area contributed by atoms with E-state index in [1.165, 1.54) is 75.3 Å². The highest BCUT2D eigenvalue weighted by atomic mass is 16.2. The summed E-state index contributed by atoms with van der Waals surface area (Å²) in [5.41, 5.74) is 3.18. The lowest BCUT2D eigenvalue weighted by molar-refractivity contribution is -0.133. The molecule has 0 unspecified atom stereocenters. The van der Waals surface area contributed by atoms with Crippen LogP contribution in [0.1, 0.15) is 140 Å². The maximum absolute atomic E-state index is 14.0. The Morgan fingerprint density at radius 3 is 1.48 bits per heavy atom. The Labute approximate surface area is 368 Å². The molecule has 7 atom stereocenters. The van der Waals surface area contributed by atoms with Gasteiger partial charge in [-0.3, -0.25) is 24.0 Å². The van der Waals surface area contributed by atoms with Gasteiger partial charge in [0.15, 0.2) is 0 Å². The van der Waals surface area contributed by atoms with Crippen molar-refractivity contribution in [2.45, 2.75) is 127 Å². The minimum absolute atomic E-state index is 0.00116. The van der Waals surface area contributed by atoms with Crippen molar-refractivity contribution in [1.82, 2.24) is 31.1 Å². The molecule has 4 fully saturated rings. The van der Waals surface area contributed by atoms with Gasteiger partial charge in [0.05, 0.1) is 11.8 Å². The topological polar surface area (TPSA) is 140 Å². The Bertz CT molecular complexity index is 1870. The summed E-state index contributed by atoms with van der Waals surface area (Å²) in [6.45, 7) is 4.40. The Morgan fingerprint density at radius 2 is 1.00 bits per heavy atom. The average molecular weight is 845 g/mol. The molecule has 62 heavy (non-hydrogen) atoms. The van der Waals surface area contributed by atoms with Gasteiger partial charge in [0.25, 0.3) is 11.8 Å². The Morgan fingerprint density at radius 1 is 0.548 bits per heavy atom.